The first-order valence-electron chi connectivity index (χ1n) is 8.34. The summed E-state index contributed by atoms with van der Waals surface area (Å²) in [6, 6.07) is 14.8. The highest BCUT2D eigenvalue weighted by molar-refractivity contribution is 7.88. The quantitative estimate of drug-likeness (QED) is 0.631. The summed E-state index contributed by atoms with van der Waals surface area (Å²) in [4.78, 5) is 24.5. The van der Waals surface area contributed by atoms with E-state index >= 15 is 0 Å². The lowest BCUT2D eigenvalue weighted by atomic mass is 9.78. The Bertz CT molecular complexity index is 928. The maximum atomic E-state index is 12.5. The van der Waals surface area contributed by atoms with Crippen molar-refractivity contribution >= 4 is 21.9 Å². The van der Waals surface area contributed by atoms with Gasteiger partial charge in [-0.3, -0.25) is 9.59 Å². The second-order valence-corrected chi connectivity index (χ2v) is 7.91. The van der Waals surface area contributed by atoms with Gasteiger partial charge in [-0.15, -0.1) is 0 Å². The standard InChI is InChI=1S/C19H22N2O5S/c1-2-19(18(23)24,16-9-4-3-5-10-16)13-21-17(22)15-8-6-7-14(11-15)12-27(20,25)26/h3-11H,2,12-13H2,1H3,(H,21,22)(H,23,24)(H2,20,25,26). The summed E-state index contributed by atoms with van der Waals surface area (Å²) in [7, 11) is -3.72. The van der Waals surface area contributed by atoms with Crippen molar-refractivity contribution < 1.29 is 23.1 Å². The number of carboxylic acid groups (broad SMARTS) is 1. The van der Waals surface area contributed by atoms with Crippen LogP contribution in [0.1, 0.15) is 34.8 Å². The highest BCUT2D eigenvalue weighted by Crippen LogP contribution is 2.28. The molecule has 0 saturated carbocycles. The molecule has 2 aromatic carbocycles. The summed E-state index contributed by atoms with van der Waals surface area (Å²) in [5, 5.41) is 17.5. The maximum Gasteiger partial charge on any atom is 0.315 e. The third-order valence-corrected chi connectivity index (χ3v) is 5.18. The molecule has 8 heteroatoms. The van der Waals surface area contributed by atoms with Crippen LogP contribution in [0.5, 0.6) is 0 Å². The van der Waals surface area contributed by atoms with Crippen molar-refractivity contribution in [1.29, 1.82) is 0 Å². The van der Waals surface area contributed by atoms with Crippen LogP contribution in [0, 0.1) is 0 Å². The minimum absolute atomic E-state index is 0.0961. The van der Waals surface area contributed by atoms with Gasteiger partial charge in [0.2, 0.25) is 10.0 Å². The van der Waals surface area contributed by atoms with E-state index in [2.05, 4.69) is 5.32 Å². The number of carbonyl (C=O) groups excluding carboxylic acids is 1. The molecule has 1 unspecified atom stereocenters. The van der Waals surface area contributed by atoms with Gasteiger partial charge in [0.15, 0.2) is 0 Å². The number of benzene rings is 2. The zero-order chi connectivity index (χ0) is 20.1. The van der Waals surface area contributed by atoms with Crippen molar-refractivity contribution in [2.75, 3.05) is 6.54 Å². The Kier molecular flexibility index (Phi) is 6.35. The Hall–Kier alpha value is -2.71. The van der Waals surface area contributed by atoms with Crippen LogP contribution in [0.3, 0.4) is 0 Å². The molecule has 2 aromatic rings. The first-order chi connectivity index (χ1) is 12.7. The molecule has 0 saturated heterocycles. The molecule has 7 nitrogen and oxygen atoms in total. The third kappa shape index (κ3) is 5.15. The summed E-state index contributed by atoms with van der Waals surface area (Å²) in [5.41, 5.74) is -0.0362. The van der Waals surface area contributed by atoms with E-state index in [0.717, 1.165) is 0 Å². The predicted molar refractivity (Wildman–Crippen MR) is 102 cm³/mol. The lowest BCUT2D eigenvalue weighted by molar-refractivity contribution is -0.143. The van der Waals surface area contributed by atoms with Gasteiger partial charge >= 0.3 is 5.97 Å². The van der Waals surface area contributed by atoms with Gasteiger partial charge in [-0.05, 0) is 29.7 Å². The number of nitrogens with two attached hydrogens (primary N) is 1. The van der Waals surface area contributed by atoms with Crippen LogP contribution >= 0.6 is 0 Å². The van der Waals surface area contributed by atoms with E-state index in [-0.39, 0.29) is 24.3 Å². The van der Waals surface area contributed by atoms with Crippen LogP contribution in [0.15, 0.2) is 54.6 Å². The molecule has 4 N–H and O–H groups in total. The number of sulfonamides is 1. The highest BCUT2D eigenvalue weighted by Gasteiger charge is 2.39. The Balaban J connectivity index is 2.22. The van der Waals surface area contributed by atoms with Crippen LogP contribution in [0.4, 0.5) is 0 Å². The number of rotatable bonds is 8. The Morgan fingerprint density at radius 3 is 2.33 bits per heavy atom. The lowest BCUT2D eigenvalue weighted by Gasteiger charge is -2.29. The highest BCUT2D eigenvalue weighted by atomic mass is 32.2. The van der Waals surface area contributed by atoms with E-state index in [1.54, 1.807) is 49.4 Å². The van der Waals surface area contributed by atoms with Gasteiger partial charge in [-0.2, -0.15) is 0 Å². The van der Waals surface area contributed by atoms with E-state index in [1.165, 1.54) is 12.1 Å². The molecule has 0 radical (unpaired) electrons. The van der Waals surface area contributed by atoms with E-state index in [0.29, 0.717) is 11.1 Å². The molecule has 0 heterocycles. The Labute approximate surface area is 158 Å². The molecular weight excluding hydrogens is 368 g/mol. The van der Waals surface area contributed by atoms with Crippen LogP contribution in [-0.4, -0.2) is 31.9 Å². The average Bonchev–Trinajstić information content (AvgIpc) is 2.62. The molecule has 0 aliphatic heterocycles. The van der Waals surface area contributed by atoms with Crippen LogP contribution < -0.4 is 10.5 Å². The van der Waals surface area contributed by atoms with Crippen molar-refractivity contribution in [3.05, 3.63) is 71.3 Å². The fourth-order valence-electron chi connectivity index (χ4n) is 2.91. The number of carbonyl (C=O) groups is 2. The fourth-order valence-corrected chi connectivity index (χ4v) is 3.55. The van der Waals surface area contributed by atoms with Crippen LogP contribution in [0.25, 0.3) is 0 Å². The zero-order valence-corrected chi connectivity index (χ0v) is 15.7. The molecular formula is C19H22N2O5S. The fraction of sp³-hybridized carbons (Fsp3) is 0.263. The molecule has 1 amide bonds. The second kappa shape index (κ2) is 8.32. The molecule has 2 rings (SSSR count). The molecule has 0 aromatic heterocycles. The summed E-state index contributed by atoms with van der Waals surface area (Å²) in [5.74, 6) is -1.90. The maximum absolute atomic E-state index is 12.5. The molecule has 0 aliphatic rings. The number of hydrogen-bond acceptors (Lipinski definition) is 4. The average molecular weight is 390 g/mol. The predicted octanol–water partition coefficient (Wildman–Crippen LogP) is 1.64. The number of amides is 1. The summed E-state index contributed by atoms with van der Waals surface area (Å²) in [6.45, 7) is 1.65. The lowest BCUT2D eigenvalue weighted by Crippen LogP contribution is -2.46. The first-order valence-corrected chi connectivity index (χ1v) is 10.1. The summed E-state index contributed by atoms with van der Waals surface area (Å²) < 4.78 is 22.4. The van der Waals surface area contributed by atoms with Gasteiger partial charge in [0, 0.05) is 12.1 Å². The number of aliphatic carboxylic acids is 1. The van der Waals surface area contributed by atoms with Gasteiger partial charge in [-0.1, -0.05) is 49.4 Å². The molecule has 0 bridgehead atoms. The number of primary sulfonamides is 1. The van der Waals surface area contributed by atoms with Crippen molar-refractivity contribution in [2.45, 2.75) is 24.5 Å². The summed E-state index contributed by atoms with van der Waals surface area (Å²) in [6.07, 6.45) is 0.290. The molecule has 0 aliphatic carbocycles. The van der Waals surface area contributed by atoms with Crippen molar-refractivity contribution in [2.24, 2.45) is 5.14 Å². The van der Waals surface area contributed by atoms with E-state index in [4.69, 9.17) is 5.14 Å². The SMILES string of the molecule is CCC(CNC(=O)c1cccc(CS(N)(=O)=O)c1)(C(=O)O)c1ccccc1. The van der Waals surface area contributed by atoms with E-state index in [9.17, 15) is 23.1 Å². The van der Waals surface area contributed by atoms with Crippen molar-refractivity contribution in [3.8, 4) is 0 Å². The van der Waals surface area contributed by atoms with Gasteiger partial charge in [0.05, 0.1) is 5.75 Å². The molecule has 144 valence electrons. The van der Waals surface area contributed by atoms with Crippen LogP contribution in [0.2, 0.25) is 0 Å². The minimum Gasteiger partial charge on any atom is -0.481 e. The second-order valence-electron chi connectivity index (χ2n) is 6.30. The van der Waals surface area contributed by atoms with Crippen molar-refractivity contribution in [1.82, 2.24) is 5.32 Å². The number of nitrogens with one attached hydrogen (secondary N) is 1. The molecule has 0 fully saturated rings. The first kappa shape index (κ1) is 20.6. The van der Waals surface area contributed by atoms with Gasteiger partial charge in [0.1, 0.15) is 5.41 Å². The van der Waals surface area contributed by atoms with Crippen LogP contribution in [-0.2, 0) is 26.0 Å². The molecule has 1 atom stereocenters. The third-order valence-electron chi connectivity index (χ3n) is 4.45. The van der Waals surface area contributed by atoms with Gasteiger partial charge in [0.25, 0.3) is 5.91 Å². The monoisotopic (exact) mass is 390 g/mol. The van der Waals surface area contributed by atoms with Gasteiger partial charge < -0.3 is 10.4 Å². The molecule has 0 spiro atoms. The number of hydrogen-bond donors (Lipinski definition) is 3. The Morgan fingerprint density at radius 1 is 1.11 bits per heavy atom. The van der Waals surface area contributed by atoms with Gasteiger partial charge in [-0.25, -0.2) is 13.6 Å². The van der Waals surface area contributed by atoms with E-state index < -0.39 is 27.3 Å². The molecule has 27 heavy (non-hydrogen) atoms. The summed E-state index contributed by atoms with van der Waals surface area (Å²) >= 11 is 0. The topological polar surface area (TPSA) is 127 Å². The van der Waals surface area contributed by atoms with E-state index in [1.807, 2.05) is 0 Å². The largest absolute Gasteiger partial charge is 0.481 e. The van der Waals surface area contributed by atoms with Crippen molar-refractivity contribution in [3.63, 3.8) is 0 Å². The minimum atomic E-state index is -3.72. The Morgan fingerprint density at radius 2 is 1.78 bits per heavy atom. The normalized spacial score (nSPS) is 13.6. The smallest absolute Gasteiger partial charge is 0.315 e. The number of carboxylic acids is 1. The zero-order valence-electron chi connectivity index (χ0n) is 14.9.